The Labute approximate surface area is 376 Å². The van der Waals surface area contributed by atoms with Gasteiger partial charge in [-0.15, -0.1) is 0 Å². The Morgan fingerprint density at radius 1 is 0.656 bits per heavy atom. The molecule has 0 unspecified atom stereocenters. The fourth-order valence-electron chi connectivity index (χ4n) is 6.43. The molecule has 0 aromatic heterocycles. The molecule has 10 N–H and O–H groups in total. The van der Waals surface area contributed by atoms with Crippen molar-refractivity contribution in [2.24, 2.45) is 11.7 Å². The summed E-state index contributed by atoms with van der Waals surface area (Å²) < 4.78 is 0. The van der Waals surface area contributed by atoms with Gasteiger partial charge in [0, 0.05) is 33.2 Å². The van der Waals surface area contributed by atoms with Gasteiger partial charge in [-0.05, 0) is 48.3 Å². The molecule has 0 aliphatic heterocycles. The van der Waals surface area contributed by atoms with Crippen molar-refractivity contribution in [3.8, 4) is 0 Å². The molecule has 0 spiro atoms. The first-order valence-electron chi connectivity index (χ1n) is 20.5. The summed E-state index contributed by atoms with van der Waals surface area (Å²) in [5.74, 6) is -8.80. The van der Waals surface area contributed by atoms with E-state index >= 15 is 0 Å². The second-order valence-electron chi connectivity index (χ2n) is 15.5. The molecule has 21 heteroatoms. The Kier molecular flexibility index (Phi) is 23.1. The number of rotatable bonds is 28. The number of nitrogens with one attached hydrogen (secondary N) is 6. The summed E-state index contributed by atoms with van der Waals surface area (Å²) in [6.45, 7) is 4.10. The maximum absolute atomic E-state index is 14.5. The normalized spacial score (nSPS) is 13.7. The quantitative estimate of drug-likeness (QED) is 0.0520. The van der Waals surface area contributed by atoms with Crippen molar-refractivity contribution in [1.82, 2.24) is 36.8 Å². The molecule has 0 radical (unpaired) electrons. The number of hydrogen-bond acceptors (Lipinski definition) is 11. The molecule has 0 heterocycles. The minimum absolute atomic E-state index is 0.0587. The van der Waals surface area contributed by atoms with Gasteiger partial charge in [-0.1, -0.05) is 74.5 Å². The second-order valence-corrected chi connectivity index (χ2v) is 16.4. The van der Waals surface area contributed by atoms with Gasteiger partial charge in [-0.25, -0.2) is 0 Å². The molecule has 0 aliphatic rings. The molecule has 20 nitrogen and oxygen atoms in total. The summed E-state index contributed by atoms with van der Waals surface area (Å²) in [5, 5.41) is 33.6. The Hall–Kier alpha value is -6.51. The number of carboxylic acids is 2. The van der Waals surface area contributed by atoms with Gasteiger partial charge in [0.2, 0.25) is 47.3 Å². The van der Waals surface area contributed by atoms with Crippen LogP contribution in [0, 0.1) is 5.92 Å². The van der Waals surface area contributed by atoms with E-state index < -0.39 is 121 Å². The van der Waals surface area contributed by atoms with Crippen LogP contribution >= 0.6 is 11.8 Å². The van der Waals surface area contributed by atoms with Crippen LogP contribution in [0.4, 0.5) is 0 Å². The maximum Gasteiger partial charge on any atom is 0.305 e. The molecule has 2 aromatic carbocycles. The average Bonchev–Trinajstić information content (AvgIpc) is 3.23. The van der Waals surface area contributed by atoms with Gasteiger partial charge in [-0.3, -0.25) is 47.9 Å². The Morgan fingerprint density at radius 3 is 1.70 bits per heavy atom. The van der Waals surface area contributed by atoms with Gasteiger partial charge in [0.15, 0.2) is 0 Å². The third kappa shape index (κ3) is 19.7. The minimum atomic E-state index is -1.62. The third-order valence-corrected chi connectivity index (χ3v) is 10.3. The molecule has 2 rings (SSSR count). The van der Waals surface area contributed by atoms with Crippen molar-refractivity contribution in [3.05, 3.63) is 71.8 Å². The molecule has 64 heavy (non-hydrogen) atoms. The number of carbonyl (C=O) groups excluding carboxylic acids is 8. The molecule has 8 amide bonds. The molecule has 6 atom stereocenters. The number of carbonyl (C=O) groups is 10. The summed E-state index contributed by atoms with van der Waals surface area (Å²) in [6.07, 6.45) is 0.149. The summed E-state index contributed by atoms with van der Waals surface area (Å²) in [7, 11) is 1.32. The molecule has 0 saturated heterocycles. The van der Waals surface area contributed by atoms with Crippen LogP contribution in [-0.4, -0.2) is 136 Å². The van der Waals surface area contributed by atoms with Gasteiger partial charge >= 0.3 is 11.9 Å². The molecule has 350 valence electrons. The van der Waals surface area contributed by atoms with E-state index in [0.717, 1.165) is 11.8 Å². The lowest BCUT2D eigenvalue weighted by Crippen LogP contribution is -2.59. The van der Waals surface area contributed by atoms with Crippen LogP contribution in [0.15, 0.2) is 60.7 Å². The third-order valence-electron chi connectivity index (χ3n) is 9.69. The molecule has 0 aliphatic carbocycles. The molecule has 0 fully saturated rings. The van der Waals surface area contributed by atoms with Crippen molar-refractivity contribution < 1.29 is 58.2 Å². The van der Waals surface area contributed by atoms with E-state index in [-0.39, 0.29) is 31.6 Å². The largest absolute Gasteiger partial charge is 0.481 e. The fraction of sp³-hybridized carbons (Fsp3) is 0.488. The maximum atomic E-state index is 14.5. The van der Waals surface area contributed by atoms with E-state index in [9.17, 15) is 58.2 Å². The predicted octanol–water partition coefficient (Wildman–Crippen LogP) is -0.517. The van der Waals surface area contributed by atoms with Crippen LogP contribution in [0.2, 0.25) is 0 Å². The number of likely N-dealkylation sites (N-methyl/N-ethyl adjacent to an activating group) is 1. The van der Waals surface area contributed by atoms with Crippen molar-refractivity contribution in [1.29, 1.82) is 0 Å². The van der Waals surface area contributed by atoms with E-state index in [1.165, 1.54) is 18.8 Å². The summed E-state index contributed by atoms with van der Waals surface area (Å²) in [5.41, 5.74) is 6.69. The van der Waals surface area contributed by atoms with Gasteiger partial charge in [0.1, 0.15) is 36.3 Å². The molecular weight excluding hydrogens is 853 g/mol. The summed E-state index contributed by atoms with van der Waals surface area (Å²) >= 11 is 1.46. The number of nitrogens with zero attached hydrogens (tertiary/aromatic N) is 1. The average molecular weight is 913 g/mol. The first-order valence-corrected chi connectivity index (χ1v) is 21.9. The van der Waals surface area contributed by atoms with Crippen molar-refractivity contribution >= 4 is 71.0 Å². The number of amides is 8. The molecular formula is C43H60N8O12S. The number of benzene rings is 2. The minimum Gasteiger partial charge on any atom is -0.481 e. The highest BCUT2D eigenvalue weighted by Crippen LogP contribution is 2.14. The van der Waals surface area contributed by atoms with Crippen LogP contribution < -0.4 is 37.6 Å². The number of thioether (sulfide) groups is 1. The highest BCUT2D eigenvalue weighted by Gasteiger charge is 2.36. The first kappa shape index (κ1) is 53.6. The van der Waals surface area contributed by atoms with E-state index in [0.29, 0.717) is 16.9 Å². The zero-order valence-corrected chi connectivity index (χ0v) is 37.4. The van der Waals surface area contributed by atoms with Crippen molar-refractivity contribution in [3.63, 3.8) is 0 Å². The number of primary amides is 1. The summed E-state index contributed by atoms with van der Waals surface area (Å²) in [6, 6.07) is 9.09. The fourth-order valence-corrected chi connectivity index (χ4v) is 6.90. The van der Waals surface area contributed by atoms with E-state index in [1.807, 2.05) is 20.1 Å². The smallest absolute Gasteiger partial charge is 0.305 e. The first-order chi connectivity index (χ1) is 30.2. The van der Waals surface area contributed by atoms with E-state index in [4.69, 9.17) is 5.73 Å². The van der Waals surface area contributed by atoms with Gasteiger partial charge in [0.25, 0.3) is 0 Å². The highest BCUT2D eigenvalue weighted by atomic mass is 32.2. The van der Waals surface area contributed by atoms with Gasteiger partial charge in [-0.2, -0.15) is 11.8 Å². The zero-order chi connectivity index (χ0) is 47.9. The Bertz CT molecular complexity index is 1920. The summed E-state index contributed by atoms with van der Waals surface area (Å²) in [4.78, 5) is 130. The van der Waals surface area contributed by atoms with Gasteiger partial charge < -0.3 is 52.7 Å². The van der Waals surface area contributed by atoms with Crippen LogP contribution in [0.5, 0.6) is 0 Å². The van der Waals surface area contributed by atoms with E-state index in [2.05, 4.69) is 31.9 Å². The Balaban J connectivity index is 2.43. The van der Waals surface area contributed by atoms with Crippen LogP contribution in [0.1, 0.15) is 64.0 Å². The molecule has 0 saturated carbocycles. The number of carboxylic acid groups (broad SMARTS) is 2. The second kappa shape index (κ2) is 27.5. The van der Waals surface area contributed by atoms with Gasteiger partial charge in [0.05, 0.1) is 13.0 Å². The topological polar surface area (TPSA) is 313 Å². The van der Waals surface area contributed by atoms with Crippen LogP contribution in [0.25, 0.3) is 0 Å². The monoisotopic (exact) mass is 912 g/mol. The predicted molar refractivity (Wildman–Crippen MR) is 236 cm³/mol. The number of hydrogen-bond donors (Lipinski definition) is 9. The SMILES string of the molecule is CSCC[C@H](NC(=O)[C@H](CC(C)C)NC(=O)CNC(=O)[C@H](Cc1ccccc1)N(C)C(=O)[C@H](Cc1ccccc1)NC(=O)[C@@H](CCC(=O)O)NC(=O)[C@H](CC(=O)O)NC(C)=O)C(N)=O. The number of nitrogens with two attached hydrogens (primary N) is 1. The lowest BCUT2D eigenvalue weighted by Gasteiger charge is -2.32. The number of aliphatic carboxylic acids is 2. The highest BCUT2D eigenvalue weighted by molar-refractivity contribution is 7.98. The Morgan fingerprint density at radius 2 is 1.19 bits per heavy atom. The van der Waals surface area contributed by atoms with Crippen LogP contribution in [0.3, 0.4) is 0 Å². The molecule has 0 bridgehead atoms. The van der Waals surface area contributed by atoms with Crippen molar-refractivity contribution in [2.45, 2.75) is 102 Å². The van der Waals surface area contributed by atoms with Crippen molar-refractivity contribution in [2.75, 3.05) is 25.6 Å². The van der Waals surface area contributed by atoms with Crippen LogP contribution in [-0.2, 0) is 60.8 Å². The lowest BCUT2D eigenvalue weighted by molar-refractivity contribution is -0.143. The molecule has 2 aromatic rings. The standard InChI is InChI=1S/C43H60N8O12S/c1-25(2)20-31(40(60)48-29(38(44)58)18-19-64-5)47-35(53)24-45-42(62)34(22-28-14-10-7-11-15-28)51(4)43(63)33(21-27-12-8-6-9-13-27)50-39(59)30(16-17-36(54)55)49-41(61)32(23-37(56)57)46-26(3)52/h6-15,25,29-34H,16-24H2,1-5H3,(H2,44,58)(H,45,62)(H,46,52)(H,47,53)(H,48,60)(H,49,61)(H,50,59)(H,54,55)(H,56,57)/t29-,30+,31-,32-,33-,34-/m0/s1. The van der Waals surface area contributed by atoms with E-state index in [1.54, 1.807) is 60.7 Å². The lowest BCUT2D eigenvalue weighted by atomic mass is 10.00. The zero-order valence-electron chi connectivity index (χ0n) is 36.6.